The first kappa shape index (κ1) is 13.9. The fraction of sp³-hybridized carbons (Fsp3) is 0.333. The molecular weight excluding hydrogens is 256 g/mol. The number of hydrogen-bond acceptors (Lipinski definition) is 3. The van der Waals surface area contributed by atoms with Crippen LogP contribution in [0, 0.1) is 18.3 Å². The van der Waals surface area contributed by atoms with Gasteiger partial charge in [0.1, 0.15) is 0 Å². The third-order valence-corrected chi connectivity index (χ3v) is 3.31. The van der Waals surface area contributed by atoms with Crippen molar-refractivity contribution in [3.05, 3.63) is 29.8 Å². The van der Waals surface area contributed by atoms with Gasteiger partial charge in [0.05, 0.1) is 19.0 Å². The minimum Gasteiger partial charge on any atom is -0.481 e. The third-order valence-electron chi connectivity index (χ3n) is 3.31. The second-order valence-corrected chi connectivity index (χ2v) is 4.73. The van der Waals surface area contributed by atoms with Gasteiger partial charge in [-0.1, -0.05) is 24.1 Å². The zero-order valence-electron chi connectivity index (χ0n) is 11.0. The minimum absolute atomic E-state index is 0.114. The standard InChI is InChI=1S/C15H16N2O3/c1-2-7-16-14(18)10-17-9-12(15(19)20)8-11-5-3-4-6-13(11)17/h1,3-6,12H,7-10H2,(H,16,18)(H,19,20). The second-order valence-electron chi connectivity index (χ2n) is 4.73. The Hall–Kier alpha value is -2.48. The number of nitrogens with one attached hydrogen (secondary N) is 1. The first-order valence-electron chi connectivity index (χ1n) is 6.37. The molecule has 1 aliphatic heterocycles. The van der Waals surface area contributed by atoms with Gasteiger partial charge < -0.3 is 15.3 Å². The lowest BCUT2D eigenvalue weighted by Crippen LogP contribution is -2.44. The van der Waals surface area contributed by atoms with Crippen LogP contribution in [0.1, 0.15) is 5.56 Å². The summed E-state index contributed by atoms with van der Waals surface area (Å²) in [5, 5.41) is 11.8. The summed E-state index contributed by atoms with van der Waals surface area (Å²) < 4.78 is 0. The van der Waals surface area contributed by atoms with E-state index in [0.717, 1.165) is 11.3 Å². The Morgan fingerprint density at radius 3 is 2.90 bits per heavy atom. The highest BCUT2D eigenvalue weighted by molar-refractivity contribution is 5.83. The van der Waals surface area contributed by atoms with Crippen molar-refractivity contribution in [2.45, 2.75) is 6.42 Å². The van der Waals surface area contributed by atoms with Crippen molar-refractivity contribution in [1.82, 2.24) is 5.32 Å². The van der Waals surface area contributed by atoms with E-state index in [-0.39, 0.29) is 19.0 Å². The summed E-state index contributed by atoms with van der Waals surface area (Å²) in [7, 11) is 0. The highest BCUT2D eigenvalue weighted by Gasteiger charge is 2.29. The molecule has 1 amide bonds. The van der Waals surface area contributed by atoms with Crippen LogP contribution >= 0.6 is 0 Å². The van der Waals surface area contributed by atoms with Crippen LogP contribution in [0.2, 0.25) is 0 Å². The molecule has 1 aliphatic rings. The van der Waals surface area contributed by atoms with Gasteiger partial charge in [0.25, 0.3) is 0 Å². The molecule has 0 saturated carbocycles. The summed E-state index contributed by atoms with van der Waals surface area (Å²) in [6.45, 7) is 0.620. The van der Waals surface area contributed by atoms with Gasteiger partial charge in [0, 0.05) is 12.2 Å². The highest BCUT2D eigenvalue weighted by atomic mass is 16.4. The van der Waals surface area contributed by atoms with E-state index in [4.69, 9.17) is 6.42 Å². The molecule has 1 heterocycles. The van der Waals surface area contributed by atoms with Gasteiger partial charge in [-0.25, -0.2) is 0 Å². The van der Waals surface area contributed by atoms with E-state index < -0.39 is 11.9 Å². The molecule has 0 spiro atoms. The van der Waals surface area contributed by atoms with E-state index in [1.807, 2.05) is 24.3 Å². The minimum atomic E-state index is -0.839. The van der Waals surface area contributed by atoms with Crippen LogP contribution in [0.3, 0.4) is 0 Å². The van der Waals surface area contributed by atoms with Crippen LogP contribution in [-0.2, 0) is 16.0 Å². The van der Waals surface area contributed by atoms with Crippen molar-refractivity contribution in [1.29, 1.82) is 0 Å². The molecule has 0 saturated heterocycles. The van der Waals surface area contributed by atoms with Gasteiger partial charge in [-0.3, -0.25) is 9.59 Å². The summed E-state index contributed by atoms with van der Waals surface area (Å²) in [5.41, 5.74) is 1.87. The lowest BCUT2D eigenvalue weighted by atomic mass is 9.92. The smallest absolute Gasteiger partial charge is 0.308 e. The highest BCUT2D eigenvalue weighted by Crippen LogP contribution is 2.29. The number of para-hydroxylation sites is 1. The number of carboxylic acids is 1. The van der Waals surface area contributed by atoms with Crippen molar-refractivity contribution in [3.63, 3.8) is 0 Å². The van der Waals surface area contributed by atoms with Gasteiger partial charge in [0.15, 0.2) is 0 Å². The van der Waals surface area contributed by atoms with Crippen molar-refractivity contribution >= 4 is 17.6 Å². The summed E-state index contributed by atoms with van der Waals surface area (Å²) in [5.74, 6) is 0.798. The molecule has 5 nitrogen and oxygen atoms in total. The number of benzene rings is 1. The summed E-state index contributed by atoms with van der Waals surface area (Å²) in [4.78, 5) is 24.8. The number of carboxylic acid groups (broad SMARTS) is 1. The molecule has 5 heteroatoms. The summed E-state index contributed by atoms with van der Waals surface area (Å²) in [6.07, 6.45) is 5.59. The van der Waals surface area contributed by atoms with Gasteiger partial charge in [0.2, 0.25) is 5.91 Å². The Bertz CT molecular complexity index is 562. The van der Waals surface area contributed by atoms with E-state index in [9.17, 15) is 14.7 Å². The van der Waals surface area contributed by atoms with E-state index in [1.165, 1.54) is 0 Å². The maximum absolute atomic E-state index is 11.8. The third kappa shape index (κ3) is 3.09. The molecule has 2 N–H and O–H groups in total. The molecule has 0 fully saturated rings. The van der Waals surface area contributed by atoms with E-state index in [1.54, 1.807) is 4.90 Å². The van der Waals surface area contributed by atoms with Crippen molar-refractivity contribution < 1.29 is 14.7 Å². The Morgan fingerprint density at radius 1 is 1.45 bits per heavy atom. The van der Waals surface area contributed by atoms with Gasteiger partial charge in [-0.2, -0.15) is 0 Å². The number of carbonyl (C=O) groups is 2. The average molecular weight is 272 g/mol. The predicted octanol–water partition coefficient (Wildman–Crippen LogP) is 0.499. The number of rotatable bonds is 4. The van der Waals surface area contributed by atoms with Crippen LogP contribution in [0.25, 0.3) is 0 Å². The molecule has 1 atom stereocenters. The van der Waals surface area contributed by atoms with E-state index in [0.29, 0.717) is 13.0 Å². The Morgan fingerprint density at radius 2 is 2.20 bits per heavy atom. The number of aliphatic carboxylic acids is 1. The van der Waals surface area contributed by atoms with Crippen LogP contribution in [0.15, 0.2) is 24.3 Å². The lowest BCUT2D eigenvalue weighted by Gasteiger charge is -2.34. The molecule has 1 aromatic rings. The molecule has 104 valence electrons. The maximum atomic E-state index is 11.8. The SMILES string of the molecule is C#CCNC(=O)CN1CC(C(=O)O)Cc2ccccc21. The van der Waals surface area contributed by atoms with Crippen LogP contribution in [0.4, 0.5) is 5.69 Å². The number of nitrogens with zero attached hydrogens (tertiary/aromatic N) is 1. The number of carbonyl (C=O) groups excluding carboxylic acids is 1. The fourth-order valence-electron chi connectivity index (χ4n) is 2.38. The molecule has 0 aromatic heterocycles. The molecule has 20 heavy (non-hydrogen) atoms. The zero-order valence-corrected chi connectivity index (χ0v) is 11.0. The fourth-order valence-corrected chi connectivity index (χ4v) is 2.38. The predicted molar refractivity (Wildman–Crippen MR) is 75.3 cm³/mol. The summed E-state index contributed by atoms with van der Waals surface area (Å²) >= 11 is 0. The number of amides is 1. The molecule has 0 bridgehead atoms. The monoisotopic (exact) mass is 272 g/mol. The van der Waals surface area contributed by atoms with Crippen molar-refractivity contribution in [2.75, 3.05) is 24.5 Å². The summed E-state index contributed by atoms with van der Waals surface area (Å²) in [6, 6.07) is 7.56. The first-order valence-corrected chi connectivity index (χ1v) is 6.37. The quantitative estimate of drug-likeness (QED) is 0.783. The molecular formula is C15H16N2O3. The Balaban J connectivity index is 2.16. The molecule has 0 aliphatic carbocycles. The van der Waals surface area contributed by atoms with E-state index >= 15 is 0 Å². The number of fused-ring (bicyclic) bond motifs is 1. The number of hydrogen-bond donors (Lipinski definition) is 2. The molecule has 0 radical (unpaired) electrons. The van der Waals surface area contributed by atoms with Crippen molar-refractivity contribution in [2.24, 2.45) is 5.92 Å². The number of anilines is 1. The number of terminal acetylenes is 1. The van der Waals surface area contributed by atoms with Crippen LogP contribution < -0.4 is 10.2 Å². The van der Waals surface area contributed by atoms with Crippen molar-refractivity contribution in [3.8, 4) is 12.3 Å². The van der Waals surface area contributed by atoms with Gasteiger partial charge >= 0.3 is 5.97 Å². The van der Waals surface area contributed by atoms with Gasteiger partial charge in [-0.05, 0) is 18.1 Å². The Labute approximate surface area is 117 Å². The average Bonchev–Trinajstić information content (AvgIpc) is 2.44. The van der Waals surface area contributed by atoms with Crippen LogP contribution in [-0.4, -0.2) is 36.6 Å². The topological polar surface area (TPSA) is 69.6 Å². The molecule has 2 rings (SSSR count). The zero-order chi connectivity index (χ0) is 14.5. The molecule has 1 unspecified atom stereocenters. The van der Waals surface area contributed by atoms with Crippen LogP contribution in [0.5, 0.6) is 0 Å². The molecule has 1 aromatic carbocycles. The first-order chi connectivity index (χ1) is 9.61. The Kier molecular flexibility index (Phi) is 4.26. The largest absolute Gasteiger partial charge is 0.481 e. The second kappa shape index (κ2) is 6.11. The normalized spacial score (nSPS) is 16.9. The van der Waals surface area contributed by atoms with E-state index in [2.05, 4.69) is 11.2 Å². The lowest BCUT2D eigenvalue weighted by molar-refractivity contribution is -0.141. The maximum Gasteiger partial charge on any atom is 0.308 e. The van der Waals surface area contributed by atoms with Gasteiger partial charge in [-0.15, -0.1) is 6.42 Å².